The van der Waals surface area contributed by atoms with Gasteiger partial charge in [-0.2, -0.15) is 5.06 Å². The van der Waals surface area contributed by atoms with E-state index in [0.717, 1.165) is 19.3 Å². The Kier molecular flexibility index (Phi) is 6.47. The SMILES string of the molecule is CCC1(C)CC(N2C(=O)c3ccccc3C2=O)C(C)C(C)(CC)N1OCCc1ccccc1. The molecule has 0 aliphatic carbocycles. The Labute approximate surface area is 197 Å². The van der Waals surface area contributed by atoms with E-state index in [-0.39, 0.29) is 34.9 Å². The van der Waals surface area contributed by atoms with Gasteiger partial charge in [-0.1, -0.05) is 63.2 Å². The first-order valence-electron chi connectivity index (χ1n) is 12.2. The van der Waals surface area contributed by atoms with Crippen LogP contribution in [0.5, 0.6) is 0 Å². The number of benzene rings is 2. The second-order valence-electron chi connectivity index (χ2n) is 10.0. The highest BCUT2D eigenvalue weighted by atomic mass is 16.7. The zero-order chi connectivity index (χ0) is 23.8. The molecular formula is C28H36N2O3. The average Bonchev–Trinajstić information content (AvgIpc) is 3.09. The Bertz CT molecular complexity index is 988. The molecule has 0 radical (unpaired) electrons. The van der Waals surface area contributed by atoms with Crippen LogP contribution < -0.4 is 0 Å². The van der Waals surface area contributed by atoms with Crippen molar-refractivity contribution in [3.05, 3.63) is 71.3 Å². The van der Waals surface area contributed by atoms with Crippen LogP contribution in [0.3, 0.4) is 0 Å². The Morgan fingerprint density at radius 2 is 1.48 bits per heavy atom. The summed E-state index contributed by atoms with van der Waals surface area (Å²) in [7, 11) is 0. The molecule has 2 aromatic carbocycles. The molecular weight excluding hydrogens is 412 g/mol. The molecule has 4 rings (SSSR count). The molecule has 2 amide bonds. The smallest absolute Gasteiger partial charge is 0.261 e. The van der Waals surface area contributed by atoms with E-state index in [0.29, 0.717) is 24.2 Å². The highest BCUT2D eigenvalue weighted by molar-refractivity contribution is 6.21. The fraction of sp³-hybridized carbons (Fsp3) is 0.500. The Balaban J connectivity index is 1.61. The van der Waals surface area contributed by atoms with Crippen LogP contribution in [0.1, 0.15) is 80.2 Å². The highest BCUT2D eigenvalue weighted by Gasteiger charge is 2.57. The minimum Gasteiger partial charge on any atom is -0.298 e. The molecule has 4 unspecified atom stereocenters. The lowest BCUT2D eigenvalue weighted by molar-refractivity contribution is -0.309. The van der Waals surface area contributed by atoms with Gasteiger partial charge in [0.2, 0.25) is 0 Å². The van der Waals surface area contributed by atoms with Crippen molar-refractivity contribution in [2.45, 2.75) is 77.4 Å². The third-order valence-corrected chi connectivity index (χ3v) is 8.25. The highest BCUT2D eigenvalue weighted by Crippen LogP contribution is 2.48. The number of fused-ring (bicyclic) bond motifs is 1. The van der Waals surface area contributed by atoms with Gasteiger partial charge in [-0.25, -0.2) is 0 Å². The molecule has 0 saturated carbocycles. The van der Waals surface area contributed by atoms with Gasteiger partial charge in [0.25, 0.3) is 11.8 Å². The van der Waals surface area contributed by atoms with Crippen LogP contribution in [-0.2, 0) is 11.3 Å². The number of hydroxylamine groups is 2. The van der Waals surface area contributed by atoms with Crippen molar-refractivity contribution in [1.82, 2.24) is 9.96 Å². The lowest BCUT2D eigenvalue weighted by Gasteiger charge is -2.60. The Morgan fingerprint density at radius 3 is 2.03 bits per heavy atom. The van der Waals surface area contributed by atoms with Crippen molar-refractivity contribution >= 4 is 11.8 Å². The van der Waals surface area contributed by atoms with Crippen molar-refractivity contribution in [1.29, 1.82) is 0 Å². The lowest BCUT2D eigenvalue weighted by atomic mass is 9.68. The molecule has 0 spiro atoms. The van der Waals surface area contributed by atoms with Gasteiger partial charge in [0.15, 0.2) is 0 Å². The molecule has 2 aliphatic heterocycles. The summed E-state index contributed by atoms with van der Waals surface area (Å²) in [5, 5.41) is 2.21. The van der Waals surface area contributed by atoms with Crippen LogP contribution in [-0.4, -0.2) is 45.5 Å². The zero-order valence-corrected chi connectivity index (χ0v) is 20.5. The monoisotopic (exact) mass is 448 g/mol. The summed E-state index contributed by atoms with van der Waals surface area (Å²) in [6.07, 6.45) is 3.25. The summed E-state index contributed by atoms with van der Waals surface area (Å²) >= 11 is 0. The number of piperidine rings is 1. The first kappa shape index (κ1) is 23.7. The molecule has 176 valence electrons. The van der Waals surface area contributed by atoms with Crippen LogP contribution in [0, 0.1) is 5.92 Å². The lowest BCUT2D eigenvalue weighted by Crippen LogP contribution is -2.70. The summed E-state index contributed by atoms with van der Waals surface area (Å²) in [5.74, 6) is -0.272. The molecule has 33 heavy (non-hydrogen) atoms. The van der Waals surface area contributed by atoms with Gasteiger partial charge < -0.3 is 0 Å². The van der Waals surface area contributed by atoms with Gasteiger partial charge in [0.1, 0.15) is 0 Å². The molecule has 1 fully saturated rings. The maximum Gasteiger partial charge on any atom is 0.261 e. The van der Waals surface area contributed by atoms with Gasteiger partial charge in [-0.15, -0.1) is 0 Å². The summed E-state index contributed by atoms with van der Waals surface area (Å²) < 4.78 is 0. The third kappa shape index (κ3) is 3.91. The van der Waals surface area contributed by atoms with Crippen LogP contribution >= 0.6 is 0 Å². The largest absolute Gasteiger partial charge is 0.298 e. The van der Waals surface area contributed by atoms with Gasteiger partial charge in [-0.05, 0) is 63.1 Å². The fourth-order valence-corrected chi connectivity index (χ4v) is 5.71. The van der Waals surface area contributed by atoms with Gasteiger partial charge in [0.05, 0.1) is 17.7 Å². The van der Waals surface area contributed by atoms with E-state index in [1.165, 1.54) is 5.56 Å². The van der Waals surface area contributed by atoms with Crippen LogP contribution in [0.4, 0.5) is 0 Å². The first-order chi connectivity index (χ1) is 15.8. The second kappa shape index (κ2) is 9.03. The third-order valence-electron chi connectivity index (χ3n) is 8.25. The second-order valence-corrected chi connectivity index (χ2v) is 10.0. The minimum absolute atomic E-state index is 0.0565. The summed E-state index contributed by atoms with van der Waals surface area (Å²) in [5.41, 5.74) is 1.68. The van der Waals surface area contributed by atoms with Crippen LogP contribution in [0.15, 0.2) is 54.6 Å². The van der Waals surface area contributed by atoms with Crippen molar-refractivity contribution in [2.24, 2.45) is 5.92 Å². The standard InChI is InChI=1S/C28H36N2O3/c1-6-27(4)19-24(29-25(31)22-15-11-12-16-23(22)26(29)32)20(3)28(5,7-2)30(27)33-18-17-21-13-9-8-10-14-21/h8-16,20,24H,6-7,17-19H2,1-5H3. The number of hydrogen-bond acceptors (Lipinski definition) is 4. The van der Waals surface area contributed by atoms with Crippen molar-refractivity contribution in [3.8, 4) is 0 Å². The van der Waals surface area contributed by atoms with E-state index in [2.05, 4.69) is 63.9 Å². The van der Waals surface area contributed by atoms with E-state index >= 15 is 0 Å². The molecule has 2 heterocycles. The number of imide groups is 1. The number of rotatable bonds is 7. The molecule has 5 nitrogen and oxygen atoms in total. The van der Waals surface area contributed by atoms with Gasteiger partial charge >= 0.3 is 0 Å². The topological polar surface area (TPSA) is 49.9 Å². The predicted molar refractivity (Wildman–Crippen MR) is 130 cm³/mol. The molecule has 0 N–H and O–H groups in total. The fourth-order valence-electron chi connectivity index (χ4n) is 5.71. The first-order valence-corrected chi connectivity index (χ1v) is 12.2. The molecule has 4 atom stereocenters. The van der Waals surface area contributed by atoms with Crippen molar-refractivity contribution in [2.75, 3.05) is 6.61 Å². The molecule has 2 aliphatic rings. The van der Waals surface area contributed by atoms with Crippen molar-refractivity contribution in [3.63, 3.8) is 0 Å². The van der Waals surface area contributed by atoms with E-state index in [9.17, 15) is 9.59 Å². The van der Waals surface area contributed by atoms with Crippen LogP contribution in [0.2, 0.25) is 0 Å². The van der Waals surface area contributed by atoms with Gasteiger partial charge in [0, 0.05) is 17.1 Å². The van der Waals surface area contributed by atoms with Crippen molar-refractivity contribution < 1.29 is 14.4 Å². The Hall–Kier alpha value is -2.50. The number of hydrogen-bond donors (Lipinski definition) is 0. The van der Waals surface area contributed by atoms with Gasteiger partial charge in [-0.3, -0.25) is 19.3 Å². The molecule has 0 bridgehead atoms. The molecule has 0 aromatic heterocycles. The van der Waals surface area contributed by atoms with E-state index in [1.807, 2.05) is 18.2 Å². The summed E-state index contributed by atoms with van der Waals surface area (Å²) in [6, 6.07) is 17.4. The normalized spacial score (nSPS) is 30.0. The average molecular weight is 449 g/mol. The predicted octanol–water partition coefficient (Wildman–Crippen LogP) is 5.50. The number of nitrogens with zero attached hydrogens (tertiary/aromatic N) is 2. The number of amides is 2. The molecule has 5 heteroatoms. The maximum absolute atomic E-state index is 13.3. The number of carbonyl (C=O) groups excluding carboxylic acids is 2. The van der Waals surface area contributed by atoms with E-state index in [4.69, 9.17) is 4.84 Å². The molecule has 1 saturated heterocycles. The number of carbonyl (C=O) groups is 2. The maximum atomic E-state index is 13.3. The molecule has 2 aromatic rings. The summed E-state index contributed by atoms with van der Waals surface area (Å²) in [4.78, 5) is 34.7. The van der Waals surface area contributed by atoms with E-state index in [1.54, 1.807) is 17.0 Å². The van der Waals surface area contributed by atoms with Crippen LogP contribution in [0.25, 0.3) is 0 Å². The quantitative estimate of drug-likeness (QED) is 0.525. The Morgan fingerprint density at radius 1 is 0.909 bits per heavy atom. The van der Waals surface area contributed by atoms with E-state index < -0.39 is 0 Å². The summed E-state index contributed by atoms with van der Waals surface area (Å²) in [6.45, 7) is 11.5. The zero-order valence-electron chi connectivity index (χ0n) is 20.5. The minimum atomic E-state index is -0.320.